The molecular weight excluding hydrogens is 182 g/mol. The standard InChI is InChI=1S/C9H11NO3.C/c10-8(9(12)13)5-6-1-3-7(11)4-2-6;/h1-4,8,11H,5,10H2,(H,12,13);/t8-;/m0./s1. The molecule has 0 heterocycles. The lowest BCUT2D eigenvalue weighted by Gasteiger charge is -2.05. The van der Waals surface area contributed by atoms with E-state index >= 15 is 0 Å². The van der Waals surface area contributed by atoms with Crippen LogP contribution in [0, 0.1) is 7.43 Å². The molecule has 74 valence electrons. The first-order valence-electron chi connectivity index (χ1n) is 3.86. The molecule has 0 bridgehead atoms. The SMILES string of the molecule is N[C@@H](Cc1ccc(O)cc1)C(=O)O.[C]. The highest BCUT2D eigenvalue weighted by Gasteiger charge is 2.11. The van der Waals surface area contributed by atoms with Crippen LogP contribution in [0.1, 0.15) is 5.56 Å². The van der Waals surface area contributed by atoms with Crippen molar-refractivity contribution in [2.75, 3.05) is 0 Å². The predicted molar refractivity (Wildman–Crippen MR) is 50.7 cm³/mol. The maximum absolute atomic E-state index is 10.4. The van der Waals surface area contributed by atoms with Crippen molar-refractivity contribution in [3.8, 4) is 5.75 Å². The van der Waals surface area contributed by atoms with Crippen molar-refractivity contribution < 1.29 is 15.0 Å². The number of hydrogen-bond acceptors (Lipinski definition) is 3. The second-order valence-electron chi connectivity index (χ2n) is 2.82. The molecule has 0 aliphatic heterocycles. The van der Waals surface area contributed by atoms with Gasteiger partial charge in [-0.25, -0.2) is 0 Å². The molecule has 0 unspecified atom stereocenters. The minimum atomic E-state index is -1.02. The Bertz CT molecular complexity index is 295. The predicted octanol–water partition coefficient (Wildman–Crippen LogP) is 0.428. The average molecular weight is 193 g/mol. The number of nitrogens with two attached hydrogens (primary N) is 1. The molecule has 4 heteroatoms. The number of carboxylic acids is 1. The van der Waals surface area contributed by atoms with Crippen LogP contribution in [0.5, 0.6) is 5.75 Å². The summed E-state index contributed by atoms with van der Waals surface area (Å²) in [5, 5.41) is 17.5. The van der Waals surface area contributed by atoms with E-state index in [4.69, 9.17) is 15.9 Å². The third kappa shape index (κ3) is 3.45. The van der Waals surface area contributed by atoms with Gasteiger partial charge < -0.3 is 15.9 Å². The van der Waals surface area contributed by atoms with Crippen LogP contribution >= 0.6 is 0 Å². The third-order valence-corrected chi connectivity index (χ3v) is 1.71. The van der Waals surface area contributed by atoms with Gasteiger partial charge in [0.2, 0.25) is 0 Å². The van der Waals surface area contributed by atoms with E-state index in [1.165, 1.54) is 12.1 Å². The highest BCUT2D eigenvalue weighted by molar-refractivity contribution is 5.73. The molecule has 4 radical (unpaired) electrons. The lowest BCUT2D eigenvalue weighted by Crippen LogP contribution is -2.32. The van der Waals surface area contributed by atoms with E-state index in [1.807, 2.05) is 0 Å². The van der Waals surface area contributed by atoms with Gasteiger partial charge in [-0.3, -0.25) is 4.79 Å². The van der Waals surface area contributed by atoms with Crippen LogP contribution in [0.15, 0.2) is 24.3 Å². The molecule has 0 spiro atoms. The number of benzene rings is 1. The van der Waals surface area contributed by atoms with Crippen molar-refractivity contribution in [3.63, 3.8) is 0 Å². The smallest absolute Gasteiger partial charge is 0.320 e. The van der Waals surface area contributed by atoms with Crippen molar-refractivity contribution in [2.24, 2.45) is 5.73 Å². The third-order valence-electron chi connectivity index (χ3n) is 1.71. The maximum Gasteiger partial charge on any atom is 0.320 e. The molecule has 0 fully saturated rings. The molecule has 1 aromatic rings. The first kappa shape index (κ1) is 12.4. The number of phenolic OH excluding ortho intramolecular Hbond substituents is 1. The second kappa shape index (κ2) is 5.24. The fourth-order valence-electron chi connectivity index (χ4n) is 0.973. The Hall–Kier alpha value is -1.55. The zero-order valence-corrected chi connectivity index (χ0v) is 7.47. The number of hydrogen-bond donors (Lipinski definition) is 3. The highest BCUT2D eigenvalue weighted by atomic mass is 16.4. The van der Waals surface area contributed by atoms with E-state index in [2.05, 4.69) is 0 Å². The fraction of sp³-hybridized carbons (Fsp3) is 0.200. The molecular formula is C10H11NO3. The van der Waals surface area contributed by atoms with Gasteiger partial charge in [0, 0.05) is 7.43 Å². The zero-order chi connectivity index (χ0) is 9.84. The Labute approximate surface area is 83.0 Å². The van der Waals surface area contributed by atoms with Crippen LogP contribution in [-0.4, -0.2) is 22.2 Å². The van der Waals surface area contributed by atoms with Crippen LogP contribution in [0.25, 0.3) is 0 Å². The fourth-order valence-corrected chi connectivity index (χ4v) is 0.973. The molecule has 1 aromatic carbocycles. The molecule has 0 amide bonds. The summed E-state index contributed by atoms with van der Waals surface area (Å²) in [7, 11) is 0. The van der Waals surface area contributed by atoms with Crippen molar-refractivity contribution in [2.45, 2.75) is 12.5 Å². The number of aromatic hydroxyl groups is 1. The van der Waals surface area contributed by atoms with Crippen LogP contribution in [0.4, 0.5) is 0 Å². The summed E-state index contributed by atoms with van der Waals surface area (Å²) in [5.74, 6) is -0.860. The van der Waals surface area contributed by atoms with E-state index in [-0.39, 0.29) is 19.6 Å². The van der Waals surface area contributed by atoms with Crippen LogP contribution in [0.3, 0.4) is 0 Å². The Morgan fingerprint density at radius 2 is 1.86 bits per heavy atom. The van der Waals surface area contributed by atoms with Gasteiger partial charge in [-0.1, -0.05) is 12.1 Å². The zero-order valence-electron chi connectivity index (χ0n) is 7.47. The lowest BCUT2D eigenvalue weighted by atomic mass is 10.1. The monoisotopic (exact) mass is 193 g/mol. The van der Waals surface area contributed by atoms with E-state index < -0.39 is 12.0 Å². The molecule has 0 saturated heterocycles. The minimum absolute atomic E-state index is 0. The van der Waals surface area contributed by atoms with Gasteiger partial charge in [-0.15, -0.1) is 0 Å². The van der Waals surface area contributed by atoms with Crippen molar-refractivity contribution in [3.05, 3.63) is 37.3 Å². The molecule has 4 nitrogen and oxygen atoms in total. The number of aliphatic carboxylic acids is 1. The summed E-state index contributed by atoms with van der Waals surface area (Å²) in [5.41, 5.74) is 6.12. The number of carbonyl (C=O) groups is 1. The summed E-state index contributed by atoms with van der Waals surface area (Å²) in [4.78, 5) is 10.4. The summed E-state index contributed by atoms with van der Waals surface area (Å²) >= 11 is 0. The van der Waals surface area contributed by atoms with Gasteiger partial charge in [0.15, 0.2) is 0 Å². The molecule has 0 aromatic heterocycles. The van der Waals surface area contributed by atoms with E-state index in [0.717, 1.165) is 5.56 Å². The molecule has 1 atom stereocenters. The Kier molecular flexibility index (Phi) is 4.66. The summed E-state index contributed by atoms with van der Waals surface area (Å²) in [6.07, 6.45) is 0.273. The summed E-state index contributed by atoms with van der Waals surface area (Å²) < 4.78 is 0. The van der Waals surface area contributed by atoms with E-state index in [0.29, 0.717) is 0 Å². The summed E-state index contributed by atoms with van der Waals surface area (Å²) in [6.45, 7) is 0. The largest absolute Gasteiger partial charge is 0.508 e. The lowest BCUT2D eigenvalue weighted by molar-refractivity contribution is -0.138. The van der Waals surface area contributed by atoms with Crippen LogP contribution in [-0.2, 0) is 11.2 Å². The van der Waals surface area contributed by atoms with Gasteiger partial charge in [-0.05, 0) is 24.1 Å². The molecule has 0 aliphatic carbocycles. The molecule has 0 saturated carbocycles. The second-order valence-corrected chi connectivity index (χ2v) is 2.82. The molecule has 1 rings (SSSR count). The van der Waals surface area contributed by atoms with Gasteiger partial charge >= 0.3 is 5.97 Å². The van der Waals surface area contributed by atoms with Crippen molar-refractivity contribution in [1.29, 1.82) is 0 Å². The van der Waals surface area contributed by atoms with E-state index in [1.54, 1.807) is 12.1 Å². The first-order chi connectivity index (χ1) is 6.09. The Morgan fingerprint density at radius 1 is 1.36 bits per heavy atom. The highest BCUT2D eigenvalue weighted by Crippen LogP contribution is 2.10. The quantitative estimate of drug-likeness (QED) is 0.650. The van der Waals surface area contributed by atoms with Gasteiger partial charge in [-0.2, -0.15) is 0 Å². The topological polar surface area (TPSA) is 83.5 Å². The number of rotatable bonds is 3. The number of carboxylic acid groups (broad SMARTS) is 1. The van der Waals surface area contributed by atoms with E-state index in [9.17, 15) is 4.79 Å². The van der Waals surface area contributed by atoms with Crippen molar-refractivity contribution >= 4 is 5.97 Å². The normalized spacial score (nSPS) is 11.5. The van der Waals surface area contributed by atoms with Crippen LogP contribution < -0.4 is 5.73 Å². The van der Waals surface area contributed by atoms with Gasteiger partial charge in [0.25, 0.3) is 0 Å². The van der Waals surface area contributed by atoms with Gasteiger partial charge in [0.1, 0.15) is 11.8 Å². The Morgan fingerprint density at radius 3 is 2.29 bits per heavy atom. The first-order valence-corrected chi connectivity index (χ1v) is 3.86. The maximum atomic E-state index is 10.4. The average Bonchev–Trinajstić information content (AvgIpc) is 2.08. The molecule has 4 N–H and O–H groups in total. The minimum Gasteiger partial charge on any atom is -0.508 e. The molecule has 0 aliphatic rings. The Balaban J connectivity index is 0.00000169. The molecule has 14 heavy (non-hydrogen) atoms. The summed E-state index contributed by atoms with van der Waals surface area (Å²) in [6, 6.07) is 5.42. The van der Waals surface area contributed by atoms with Crippen molar-refractivity contribution in [1.82, 2.24) is 0 Å². The van der Waals surface area contributed by atoms with Gasteiger partial charge in [0.05, 0.1) is 0 Å². The number of phenols is 1. The van der Waals surface area contributed by atoms with Crippen LogP contribution in [0.2, 0.25) is 0 Å².